The van der Waals surface area contributed by atoms with E-state index in [0.29, 0.717) is 18.7 Å². The molecule has 1 aromatic carbocycles. The van der Waals surface area contributed by atoms with E-state index in [1.165, 1.54) is 0 Å². The summed E-state index contributed by atoms with van der Waals surface area (Å²) in [5.74, 6) is 1.08. The maximum absolute atomic E-state index is 12.5. The number of hydrogen-bond donors (Lipinski definition) is 1. The van der Waals surface area contributed by atoms with Gasteiger partial charge >= 0.3 is 0 Å². The van der Waals surface area contributed by atoms with Gasteiger partial charge in [0.15, 0.2) is 0 Å². The van der Waals surface area contributed by atoms with Crippen LogP contribution in [0.3, 0.4) is 0 Å². The lowest BCUT2D eigenvalue weighted by molar-refractivity contribution is 0.0747. The van der Waals surface area contributed by atoms with Crippen LogP contribution in [0.5, 0.6) is 5.75 Å². The summed E-state index contributed by atoms with van der Waals surface area (Å²) in [4.78, 5) is 20.6. The molecule has 0 bridgehead atoms. The van der Waals surface area contributed by atoms with E-state index in [9.17, 15) is 4.79 Å². The fourth-order valence-electron chi connectivity index (χ4n) is 2.73. The van der Waals surface area contributed by atoms with E-state index in [2.05, 4.69) is 9.88 Å². The van der Waals surface area contributed by atoms with Gasteiger partial charge < -0.3 is 20.3 Å². The Hall–Kier alpha value is -2.76. The minimum atomic E-state index is -0.0509. The van der Waals surface area contributed by atoms with Gasteiger partial charge in [0.05, 0.1) is 12.7 Å². The number of hydrogen-bond acceptors (Lipinski definition) is 5. The SMILES string of the molecule is COc1ccc(N2CCN(C(=O)c3cccnc3N)CC2)cc1. The largest absolute Gasteiger partial charge is 0.497 e. The molecular formula is C17H20N4O2. The number of nitrogens with two attached hydrogens (primary N) is 1. The van der Waals surface area contributed by atoms with E-state index in [-0.39, 0.29) is 11.7 Å². The molecule has 0 atom stereocenters. The predicted molar refractivity (Wildman–Crippen MR) is 89.8 cm³/mol. The zero-order chi connectivity index (χ0) is 16.2. The fourth-order valence-corrected chi connectivity index (χ4v) is 2.73. The zero-order valence-electron chi connectivity index (χ0n) is 13.1. The van der Waals surface area contributed by atoms with Gasteiger partial charge in [0.25, 0.3) is 5.91 Å². The van der Waals surface area contributed by atoms with Gasteiger partial charge in [-0.1, -0.05) is 0 Å². The van der Waals surface area contributed by atoms with Crippen LogP contribution in [0, 0.1) is 0 Å². The van der Waals surface area contributed by atoms with Crippen LogP contribution in [0.15, 0.2) is 42.6 Å². The number of piperazine rings is 1. The first-order valence-corrected chi connectivity index (χ1v) is 7.58. The highest BCUT2D eigenvalue weighted by Crippen LogP contribution is 2.21. The van der Waals surface area contributed by atoms with Crippen LogP contribution >= 0.6 is 0 Å². The molecule has 120 valence electrons. The lowest BCUT2D eigenvalue weighted by atomic mass is 10.2. The number of ether oxygens (including phenoxy) is 1. The molecule has 6 heteroatoms. The third-order valence-electron chi connectivity index (χ3n) is 4.07. The molecule has 23 heavy (non-hydrogen) atoms. The van der Waals surface area contributed by atoms with Gasteiger partial charge in [0, 0.05) is 38.1 Å². The molecule has 2 heterocycles. The lowest BCUT2D eigenvalue weighted by Gasteiger charge is -2.36. The van der Waals surface area contributed by atoms with Gasteiger partial charge in [-0.05, 0) is 36.4 Å². The molecule has 1 saturated heterocycles. The van der Waals surface area contributed by atoms with Crippen LogP contribution in [-0.4, -0.2) is 49.1 Å². The van der Waals surface area contributed by atoms with Gasteiger partial charge in [-0.3, -0.25) is 4.79 Å². The molecule has 0 saturated carbocycles. The summed E-state index contributed by atoms with van der Waals surface area (Å²) in [6.45, 7) is 2.91. The maximum atomic E-state index is 12.5. The number of amides is 1. The molecular weight excluding hydrogens is 292 g/mol. The van der Waals surface area contributed by atoms with Gasteiger partial charge in [0.1, 0.15) is 11.6 Å². The van der Waals surface area contributed by atoms with Crippen molar-refractivity contribution in [3.05, 3.63) is 48.2 Å². The molecule has 1 aliphatic rings. The van der Waals surface area contributed by atoms with Crippen LogP contribution in [0.2, 0.25) is 0 Å². The number of carbonyl (C=O) groups is 1. The van der Waals surface area contributed by atoms with E-state index in [0.717, 1.165) is 24.5 Å². The van der Waals surface area contributed by atoms with E-state index >= 15 is 0 Å². The van der Waals surface area contributed by atoms with E-state index in [1.807, 2.05) is 29.2 Å². The molecule has 0 unspecified atom stereocenters. The monoisotopic (exact) mass is 312 g/mol. The molecule has 1 fully saturated rings. The Labute approximate surface area is 135 Å². The maximum Gasteiger partial charge on any atom is 0.257 e. The molecule has 0 aliphatic carbocycles. The lowest BCUT2D eigenvalue weighted by Crippen LogP contribution is -2.49. The summed E-state index contributed by atoms with van der Waals surface area (Å²) >= 11 is 0. The Morgan fingerprint density at radius 1 is 1.13 bits per heavy atom. The minimum absolute atomic E-state index is 0.0509. The fraction of sp³-hybridized carbons (Fsp3) is 0.294. The third kappa shape index (κ3) is 3.21. The van der Waals surface area contributed by atoms with Crippen molar-refractivity contribution >= 4 is 17.4 Å². The van der Waals surface area contributed by atoms with Crippen molar-refractivity contribution in [1.82, 2.24) is 9.88 Å². The quantitative estimate of drug-likeness (QED) is 0.933. The Morgan fingerprint density at radius 2 is 1.83 bits per heavy atom. The van der Waals surface area contributed by atoms with Crippen LogP contribution in [0.1, 0.15) is 10.4 Å². The topological polar surface area (TPSA) is 71.7 Å². The van der Waals surface area contributed by atoms with Crippen molar-refractivity contribution in [2.75, 3.05) is 43.9 Å². The summed E-state index contributed by atoms with van der Waals surface area (Å²) in [5.41, 5.74) is 7.41. The average Bonchev–Trinajstić information content (AvgIpc) is 2.62. The highest BCUT2D eigenvalue weighted by atomic mass is 16.5. The van der Waals surface area contributed by atoms with Crippen molar-refractivity contribution in [1.29, 1.82) is 0 Å². The van der Waals surface area contributed by atoms with Crippen LogP contribution in [0.25, 0.3) is 0 Å². The second-order valence-corrected chi connectivity index (χ2v) is 5.41. The minimum Gasteiger partial charge on any atom is -0.497 e. The number of pyridine rings is 1. The Balaban J connectivity index is 1.64. The van der Waals surface area contributed by atoms with E-state index < -0.39 is 0 Å². The number of anilines is 2. The molecule has 6 nitrogen and oxygen atoms in total. The summed E-state index contributed by atoms with van der Waals surface area (Å²) < 4.78 is 5.18. The molecule has 1 amide bonds. The number of nitrogen functional groups attached to an aromatic ring is 1. The molecule has 0 radical (unpaired) electrons. The first-order chi connectivity index (χ1) is 11.2. The second-order valence-electron chi connectivity index (χ2n) is 5.41. The number of carbonyl (C=O) groups excluding carboxylic acids is 1. The summed E-state index contributed by atoms with van der Waals surface area (Å²) in [5, 5.41) is 0. The van der Waals surface area contributed by atoms with Gasteiger partial charge in [-0.15, -0.1) is 0 Å². The van der Waals surface area contributed by atoms with E-state index in [4.69, 9.17) is 10.5 Å². The van der Waals surface area contributed by atoms with Crippen LogP contribution in [-0.2, 0) is 0 Å². The molecule has 1 aliphatic heterocycles. The van der Waals surface area contributed by atoms with Crippen LogP contribution < -0.4 is 15.4 Å². The zero-order valence-corrected chi connectivity index (χ0v) is 13.1. The molecule has 1 aromatic heterocycles. The standard InChI is InChI=1S/C17H20N4O2/c1-23-14-6-4-13(5-7-14)20-9-11-21(12-10-20)17(22)15-3-2-8-19-16(15)18/h2-8H,9-12H2,1H3,(H2,18,19). The molecule has 0 spiro atoms. The van der Waals surface area contributed by atoms with Crippen molar-refractivity contribution in [3.63, 3.8) is 0 Å². The Bertz CT molecular complexity index is 679. The number of benzene rings is 1. The first kappa shape index (κ1) is 15.1. The second kappa shape index (κ2) is 6.56. The van der Waals surface area contributed by atoms with Gasteiger partial charge in [-0.2, -0.15) is 0 Å². The Morgan fingerprint density at radius 3 is 2.43 bits per heavy atom. The first-order valence-electron chi connectivity index (χ1n) is 7.58. The van der Waals surface area contributed by atoms with Crippen molar-refractivity contribution in [2.45, 2.75) is 0 Å². The highest BCUT2D eigenvalue weighted by molar-refractivity contribution is 5.98. The number of nitrogens with zero attached hydrogens (tertiary/aromatic N) is 3. The van der Waals surface area contributed by atoms with Gasteiger partial charge in [0.2, 0.25) is 0 Å². The van der Waals surface area contributed by atoms with Crippen LogP contribution in [0.4, 0.5) is 11.5 Å². The molecule has 3 rings (SSSR count). The number of rotatable bonds is 3. The highest BCUT2D eigenvalue weighted by Gasteiger charge is 2.23. The Kier molecular flexibility index (Phi) is 4.32. The third-order valence-corrected chi connectivity index (χ3v) is 4.07. The summed E-state index contributed by atoms with van der Waals surface area (Å²) in [6, 6.07) is 11.4. The van der Waals surface area contributed by atoms with Gasteiger partial charge in [-0.25, -0.2) is 4.98 Å². The summed E-state index contributed by atoms with van der Waals surface area (Å²) in [7, 11) is 1.66. The smallest absolute Gasteiger partial charge is 0.257 e. The summed E-state index contributed by atoms with van der Waals surface area (Å²) in [6.07, 6.45) is 1.59. The molecule has 2 aromatic rings. The number of methoxy groups -OCH3 is 1. The van der Waals surface area contributed by atoms with Crippen molar-refractivity contribution in [3.8, 4) is 5.75 Å². The van der Waals surface area contributed by atoms with Crippen molar-refractivity contribution < 1.29 is 9.53 Å². The van der Waals surface area contributed by atoms with E-state index in [1.54, 1.807) is 25.4 Å². The predicted octanol–water partition coefficient (Wildman–Crippen LogP) is 1.63. The average molecular weight is 312 g/mol. The normalized spacial score (nSPS) is 14.7. The number of aromatic nitrogens is 1. The van der Waals surface area contributed by atoms with Crippen molar-refractivity contribution in [2.24, 2.45) is 0 Å². The molecule has 2 N–H and O–H groups in total.